The van der Waals surface area contributed by atoms with Gasteiger partial charge in [-0.25, -0.2) is 4.98 Å². The number of unbranched alkanes of at least 4 members (excludes halogenated alkanes) is 1. The van der Waals surface area contributed by atoms with Crippen LogP contribution in [0.4, 0.5) is 5.13 Å². The van der Waals surface area contributed by atoms with E-state index in [2.05, 4.69) is 23.1 Å². The summed E-state index contributed by atoms with van der Waals surface area (Å²) in [4.78, 5) is 21.8. The molecule has 2 aromatic rings. The van der Waals surface area contributed by atoms with Crippen LogP contribution in [0.3, 0.4) is 0 Å². The molecule has 1 fully saturated rings. The predicted octanol–water partition coefficient (Wildman–Crippen LogP) is 4.65. The van der Waals surface area contributed by atoms with Crippen molar-refractivity contribution in [3.8, 4) is 0 Å². The zero-order valence-corrected chi connectivity index (χ0v) is 18.3. The molecule has 152 valence electrons. The van der Waals surface area contributed by atoms with Crippen LogP contribution in [0.15, 0.2) is 24.3 Å². The van der Waals surface area contributed by atoms with Gasteiger partial charge in [0, 0.05) is 55.1 Å². The number of aromatic nitrogens is 2. The molecule has 1 aromatic heterocycles. The average Bonchev–Trinajstić information content (AvgIpc) is 3.19. The van der Waals surface area contributed by atoms with Gasteiger partial charge in [0.2, 0.25) is 11.0 Å². The van der Waals surface area contributed by atoms with Crippen molar-refractivity contribution in [2.75, 3.05) is 31.1 Å². The van der Waals surface area contributed by atoms with Gasteiger partial charge < -0.3 is 9.80 Å². The number of anilines is 1. The maximum Gasteiger partial charge on any atom is 0.225 e. The quantitative estimate of drug-likeness (QED) is 0.623. The summed E-state index contributed by atoms with van der Waals surface area (Å²) < 4.78 is 4.51. The third kappa shape index (κ3) is 5.45. The monoisotopic (exact) mass is 420 g/mol. The first kappa shape index (κ1) is 21.1. The Morgan fingerprint density at radius 3 is 2.54 bits per heavy atom. The van der Waals surface area contributed by atoms with Crippen molar-refractivity contribution in [3.05, 3.63) is 40.7 Å². The fraction of sp³-hybridized carbons (Fsp3) is 0.571. The lowest BCUT2D eigenvalue weighted by Gasteiger charge is -2.36. The van der Waals surface area contributed by atoms with Crippen LogP contribution in [-0.2, 0) is 11.2 Å². The Balaban J connectivity index is 1.53. The molecular formula is C21H29ClN4OS. The summed E-state index contributed by atoms with van der Waals surface area (Å²) in [6.45, 7) is 7.50. The molecule has 1 saturated heterocycles. The molecule has 0 saturated carbocycles. The van der Waals surface area contributed by atoms with Crippen molar-refractivity contribution in [2.45, 2.75) is 46.0 Å². The van der Waals surface area contributed by atoms with Gasteiger partial charge >= 0.3 is 0 Å². The van der Waals surface area contributed by atoms with Gasteiger partial charge in [-0.2, -0.15) is 4.37 Å². The van der Waals surface area contributed by atoms with E-state index in [-0.39, 0.29) is 5.92 Å². The molecule has 0 spiro atoms. The van der Waals surface area contributed by atoms with Crippen molar-refractivity contribution in [1.82, 2.24) is 14.3 Å². The summed E-state index contributed by atoms with van der Waals surface area (Å²) in [7, 11) is 0. The van der Waals surface area contributed by atoms with Gasteiger partial charge in [-0.15, -0.1) is 0 Å². The number of benzene rings is 1. The lowest BCUT2D eigenvalue weighted by atomic mass is 9.97. The molecule has 1 atom stereocenters. The highest BCUT2D eigenvalue weighted by molar-refractivity contribution is 7.09. The van der Waals surface area contributed by atoms with Crippen LogP contribution in [0.1, 0.15) is 50.9 Å². The molecule has 1 aliphatic heterocycles. The van der Waals surface area contributed by atoms with Gasteiger partial charge in [0.05, 0.1) is 0 Å². The highest BCUT2D eigenvalue weighted by Crippen LogP contribution is 2.23. The van der Waals surface area contributed by atoms with E-state index in [9.17, 15) is 4.79 Å². The fourth-order valence-corrected chi connectivity index (χ4v) is 4.42. The predicted molar refractivity (Wildman–Crippen MR) is 116 cm³/mol. The van der Waals surface area contributed by atoms with Crippen LogP contribution in [0.25, 0.3) is 0 Å². The van der Waals surface area contributed by atoms with Crippen LogP contribution in [0.5, 0.6) is 0 Å². The fourth-order valence-electron chi connectivity index (χ4n) is 3.56. The van der Waals surface area contributed by atoms with E-state index in [1.165, 1.54) is 11.5 Å². The maximum absolute atomic E-state index is 12.8. The standard InChI is InChI=1S/C21H29ClN4OS/c1-3-5-6-17(4-2)20(27)25-11-13-26(14-12-25)21-23-19(24-28-21)15-16-7-9-18(22)10-8-16/h7-10,17H,3-6,11-15H2,1-2H3/t17-/m1/s1. The first-order valence-electron chi connectivity index (χ1n) is 10.2. The molecule has 2 heterocycles. The Hall–Kier alpha value is -1.66. The Labute approximate surface area is 176 Å². The summed E-state index contributed by atoms with van der Waals surface area (Å²) in [6, 6.07) is 7.81. The number of carbonyl (C=O) groups excluding carboxylic acids is 1. The van der Waals surface area contributed by atoms with Crippen molar-refractivity contribution >= 4 is 34.2 Å². The SMILES string of the molecule is CCCC[C@@H](CC)C(=O)N1CCN(c2nc(Cc3ccc(Cl)cc3)ns2)CC1. The summed E-state index contributed by atoms with van der Waals surface area (Å²) >= 11 is 7.39. The van der Waals surface area contributed by atoms with Gasteiger partial charge in [0.1, 0.15) is 5.82 Å². The van der Waals surface area contributed by atoms with Crippen molar-refractivity contribution < 1.29 is 4.79 Å². The third-order valence-electron chi connectivity index (χ3n) is 5.34. The molecule has 7 heteroatoms. The number of hydrogen-bond acceptors (Lipinski definition) is 5. The number of rotatable bonds is 8. The average molecular weight is 421 g/mol. The number of piperazine rings is 1. The Morgan fingerprint density at radius 1 is 1.18 bits per heavy atom. The van der Waals surface area contributed by atoms with E-state index in [1.807, 2.05) is 29.2 Å². The van der Waals surface area contributed by atoms with E-state index in [4.69, 9.17) is 16.6 Å². The first-order chi connectivity index (χ1) is 13.6. The second-order valence-electron chi connectivity index (χ2n) is 7.36. The van der Waals surface area contributed by atoms with Crippen LogP contribution >= 0.6 is 23.1 Å². The van der Waals surface area contributed by atoms with Crippen LogP contribution in [0, 0.1) is 5.92 Å². The normalized spacial score (nSPS) is 15.7. The molecule has 0 N–H and O–H groups in total. The Kier molecular flexibility index (Phi) is 7.68. The van der Waals surface area contributed by atoms with Crippen LogP contribution < -0.4 is 4.90 Å². The van der Waals surface area contributed by atoms with Crippen molar-refractivity contribution in [3.63, 3.8) is 0 Å². The second kappa shape index (κ2) is 10.2. The molecule has 28 heavy (non-hydrogen) atoms. The van der Waals surface area contributed by atoms with Crippen LogP contribution in [0.2, 0.25) is 5.02 Å². The zero-order chi connectivity index (χ0) is 19.9. The van der Waals surface area contributed by atoms with Gasteiger partial charge in [-0.1, -0.05) is 50.4 Å². The van der Waals surface area contributed by atoms with Crippen molar-refractivity contribution in [1.29, 1.82) is 0 Å². The topological polar surface area (TPSA) is 49.3 Å². The minimum Gasteiger partial charge on any atom is -0.343 e. The highest BCUT2D eigenvalue weighted by atomic mass is 35.5. The molecule has 5 nitrogen and oxygen atoms in total. The van der Waals surface area contributed by atoms with E-state index < -0.39 is 0 Å². The molecule has 1 amide bonds. The third-order valence-corrected chi connectivity index (χ3v) is 6.41. The number of hydrogen-bond donors (Lipinski definition) is 0. The number of halogens is 1. The van der Waals surface area contributed by atoms with E-state index in [0.29, 0.717) is 12.3 Å². The van der Waals surface area contributed by atoms with Gasteiger partial charge in [0.25, 0.3) is 0 Å². The minimum absolute atomic E-state index is 0.180. The largest absolute Gasteiger partial charge is 0.343 e. The molecular weight excluding hydrogens is 392 g/mol. The lowest BCUT2D eigenvalue weighted by molar-refractivity contribution is -0.136. The lowest BCUT2D eigenvalue weighted by Crippen LogP contribution is -2.50. The number of carbonyl (C=O) groups is 1. The van der Waals surface area contributed by atoms with E-state index in [0.717, 1.165) is 73.4 Å². The van der Waals surface area contributed by atoms with Crippen molar-refractivity contribution in [2.24, 2.45) is 5.92 Å². The maximum atomic E-state index is 12.8. The highest BCUT2D eigenvalue weighted by Gasteiger charge is 2.27. The summed E-state index contributed by atoms with van der Waals surface area (Å²) in [5, 5.41) is 1.69. The van der Waals surface area contributed by atoms with Crippen LogP contribution in [-0.4, -0.2) is 46.3 Å². The molecule has 0 radical (unpaired) electrons. The summed E-state index contributed by atoms with van der Waals surface area (Å²) in [5.41, 5.74) is 1.15. The summed E-state index contributed by atoms with van der Waals surface area (Å²) in [6.07, 6.45) is 4.93. The first-order valence-corrected chi connectivity index (χ1v) is 11.4. The molecule has 0 bridgehead atoms. The van der Waals surface area contributed by atoms with E-state index in [1.54, 1.807) is 0 Å². The van der Waals surface area contributed by atoms with Gasteiger partial charge in [-0.3, -0.25) is 4.79 Å². The number of amides is 1. The Morgan fingerprint density at radius 2 is 1.89 bits per heavy atom. The molecule has 1 aliphatic rings. The molecule has 3 rings (SSSR count). The van der Waals surface area contributed by atoms with E-state index >= 15 is 0 Å². The zero-order valence-electron chi connectivity index (χ0n) is 16.7. The minimum atomic E-state index is 0.180. The Bertz CT molecular complexity index is 756. The molecule has 1 aromatic carbocycles. The second-order valence-corrected chi connectivity index (χ2v) is 8.52. The smallest absolute Gasteiger partial charge is 0.225 e. The molecule has 0 aliphatic carbocycles. The summed E-state index contributed by atoms with van der Waals surface area (Å²) in [5.74, 6) is 1.35. The number of nitrogens with zero attached hydrogens (tertiary/aromatic N) is 4. The van der Waals surface area contributed by atoms with Gasteiger partial charge in [0.15, 0.2) is 0 Å². The molecule has 0 unspecified atom stereocenters. The van der Waals surface area contributed by atoms with Gasteiger partial charge in [-0.05, 0) is 30.5 Å².